The van der Waals surface area contributed by atoms with Crippen molar-refractivity contribution in [3.8, 4) is 0 Å². The summed E-state index contributed by atoms with van der Waals surface area (Å²) in [5, 5.41) is 1.01. The highest BCUT2D eigenvalue weighted by molar-refractivity contribution is 7.15. The Bertz CT molecular complexity index is 487. The molecule has 0 fully saturated rings. The molecule has 1 aromatic rings. The predicted octanol–water partition coefficient (Wildman–Crippen LogP) is 2.12. The number of anilines is 1. The van der Waals surface area contributed by atoms with Gasteiger partial charge in [-0.3, -0.25) is 4.79 Å². The molecule has 1 aliphatic carbocycles. The van der Waals surface area contributed by atoms with Crippen molar-refractivity contribution >= 4 is 22.4 Å². The Morgan fingerprint density at radius 2 is 2.14 bits per heavy atom. The van der Waals surface area contributed by atoms with E-state index in [1.807, 2.05) is 6.92 Å². The third-order valence-corrected chi connectivity index (χ3v) is 4.97. The van der Waals surface area contributed by atoms with Crippen LogP contribution in [0.15, 0.2) is 0 Å². The lowest BCUT2D eigenvalue weighted by molar-refractivity contribution is -0.145. The summed E-state index contributed by atoms with van der Waals surface area (Å²) in [6.45, 7) is 4.21. The first-order chi connectivity index (χ1) is 10.0. The van der Waals surface area contributed by atoms with E-state index < -0.39 is 0 Å². The number of fused-ring (bicyclic) bond motifs is 1. The van der Waals surface area contributed by atoms with E-state index in [9.17, 15) is 4.79 Å². The van der Waals surface area contributed by atoms with Crippen LogP contribution in [0.4, 0.5) is 5.13 Å². The number of hydrogen-bond donors (Lipinski definition) is 0. The van der Waals surface area contributed by atoms with Gasteiger partial charge in [0.15, 0.2) is 5.13 Å². The van der Waals surface area contributed by atoms with E-state index in [4.69, 9.17) is 9.72 Å². The van der Waals surface area contributed by atoms with Crippen LogP contribution < -0.4 is 4.90 Å². The van der Waals surface area contributed by atoms with Gasteiger partial charge in [0.05, 0.1) is 12.3 Å². The summed E-state index contributed by atoms with van der Waals surface area (Å²) in [7, 11) is 6.20. The fourth-order valence-corrected chi connectivity index (χ4v) is 3.64. The van der Waals surface area contributed by atoms with Gasteiger partial charge in [-0.1, -0.05) is 0 Å². The summed E-state index contributed by atoms with van der Waals surface area (Å²) < 4.78 is 5.19. The van der Waals surface area contributed by atoms with Crippen molar-refractivity contribution in [2.75, 3.05) is 45.7 Å². The van der Waals surface area contributed by atoms with E-state index in [0.29, 0.717) is 6.61 Å². The number of carbonyl (C=O) groups is 1. The third-order valence-electron chi connectivity index (χ3n) is 3.72. The first-order valence-corrected chi connectivity index (χ1v) is 8.36. The molecule has 0 N–H and O–H groups in total. The van der Waals surface area contributed by atoms with Gasteiger partial charge in [-0.2, -0.15) is 0 Å². The zero-order valence-electron chi connectivity index (χ0n) is 13.4. The SMILES string of the molecule is CCOC(=O)C1CCCc2sc(N(C)CCN(C)C)nc21. The Morgan fingerprint density at radius 3 is 2.81 bits per heavy atom. The molecule has 0 aliphatic heterocycles. The quantitative estimate of drug-likeness (QED) is 0.753. The summed E-state index contributed by atoms with van der Waals surface area (Å²) in [6, 6.07) is 0. The lowest BCUT2D eigenvalue weighted by Crippen LogP contribution is -2.28. The van der Waals surface area contributed by atoms with Gasteiger partial charge in [0, 0.05) is 25.0 Å². The van der Waals surface area contributed by atoms with Gasteiger partial charge in [-0.15, -0.1) is 11.3 Å². The van der Waals surface area contributed by atoms with Crippen LogP contribution in [0.25, 0.3) is 0 Å². The maximum Gasteiger partial charge on any atom is 0.315 e. The molecule has 1 aromatic heterocycles. The first-order valence-electron chi connectivity index (χ1n) is 7.55. The molecule has 0 spiro atoms. The maximum absolute atomic E-state index is 12.1. The van der Waals surface area contributed by atoms with Crippen LogP contribution in [-0.2, 0) is 16.0 Å². The topological polar surface area (TPSA) is 45.7 Å². The molecule has 118 valence electrons. The van der Waals surface area contributed by atoms with Crippen molar-refractivity contribution in [3.05, 3.63) is 10.6 Å². The van der Waals surface area contributed by atoms with E-state index >= 15 is 0 Å². The van der Waals surface area contributed by atoms with Crippen LogP contribution >= 0.6 is 11.3 Å². The van der Waals surface area contributed by atoms with E-state index in [0.717, 1.165) is 43.2 Å². The number of ether oxygens (including phenoxy) is 1. The number of carbonyl (C=O) groups excluding carboxylic acids is 1. The Morgan fingerprint density at radius 1 is 1.38 bits per heavy atom. The van der Waals surface area contributed by atoms with Crippen LogP contribution in [0.3, 0.4) is 0 Å². The summed E-state index contributed by atoms with van der Waals surface area (Å²) >= 11 is 1.72. The lowest BCUT2D eigenvalue weighted by Gasteiger charge is -2.19. The van der Waals surface area contributed by atoms with Crippen LogP contribution in [-0.4, -0.2) is 56.7 Å². The van der Waals surface area contributed by atoms with Gasteiger partial charge in [-0.25, -0.2) is 4.98 Å². The van der Waals surface area contributed by atoms with Gasteiger partial charge in [0.25, 0.3) is 0 Å². The first kappa shape index (κ1) is 16.2. The van der Waals surface area contributed by atoms with Crippen LogP contribution in [0.2, 0.25) is 0 Å². The molecule has 0 bridgehead atoms. The number of aryl methyl sites for hydroxylation is 1. The van der Waals surface area contributed by atoms with Gasteiger partial charge >= 0.3 is 5.97 Å². The van der Waals surface area contributed by atoms with Crippen molar-refractivity contribution in [2.45, 2.75) is 32.1 Å². The number of aromatic nitrogens is 1. The molecule has 6 heteroatoms. The second kappa shape index (κ2) is 7.22. The van der Waals surface area contributed by atoms with Gasteiger partial charge in [0.1, 0.15) is 5.92 Å². The second-order valence-electron chi connectivity index (χ2n) is 5.73. The van der Waals surface area contributed by atoms with Gasteiger partial charge < -0.3 is 14.5 Å². The largest absolute Gasteiger partial charge is 0.465 e. The van der Waals surface area contributed by atoms with Crippen molar-refractivity contribution in [1.82, 2.24) is 9.88 Å². The molecule has 1 unspecified atom stereocenters. The molecule has 0 amide bonds. The second-order valence-corrected chi connectivity index (χ2v) is 6.79. The molecule has 1 aliphatic rings. The summed E-state index contributed by atoms with van der Waals surface area (Å²) in [4.78, 5) is 22.4. The molecule has 1 atom stereocenters. The fraction of sp³-hybridized carbons (Fsp3) is 0.733. The minimum Gasteiger partial charge on any atom is -0.465 e. The molecular weight excluding hydrogens is 286 g/mol. The Hall–Kier alpha value is -1.14. The minimum absolute atomic E-state index is 0.119. The van der Waals surface area contributed by atoms with Crippen molar-refractivity contribution in [3.63, 3.8) is 0 Å². The molecule has 0 saturated heterocycles. The van der Waals surface area contributed by atoms with Crippen LogP contribution in [0.1, 0.15) is 36.3 Å². The van der Waals surface area contributed by atoms with Crippen molar-refractivity contribution < 1.29 is 9.53 Å². The molecule has 1 heterocycles. The molecule has 0 saturated carbocycles. The zero-order valence-corrected chi connectivity index (χ0v) is 14.2. The van der Waals surface area contributed by atoms with Crippen LogP contribution in [0.5, 0.6) is 0 Å². The number of thiazole rings is 1. The van der Waals surface area contributed by atoms with Crippen molar-refractivity contribution in [2.24, 2.45) is 0 Å². The van der Waals surface area contributed by atoms with E-state index in [1.54, 1.807) is 11.3 Å². The highest BCUT2D eigenvalue weighted by Gasteiger charge is 2.31. The Balaban J connectivity index is 2.13. The highest BCUT2D eigenvalue weighted by Crippen LogP contribution is 2.38. The average Bonchev–Trinajstić information content (AvgIpc) is 2.88. The third kappa shape index (κ3) is 3.95. The van der Waals surface area contributed by atoms with E-state index in [2.05, 4.69) is 30.9 Å². The molecule has 5 nitrogen and oxygen atoms in total. The smallest absolute Gasteiger partial charge is 0.315 e. The van der Waals surface area contributed by atoms with Crippen molar-refractivity contribution in [1.29, 1.82) is 0 Å². The summed E-state index contributed by atoms with van der Waals surface area (Å²) in [5.74, 6) is -0.285. The summed E-state index contributed by atoms with van der Waals surface area (Å²) in [5.41, 5.74) is 0.955. The number of nitrogens with zero attached hydrogens (tertiary/aromatic N) is 3. The average molecular weight is 311 g/mol. The number of hydrogen-bond acceptors (Lipinski definition) is 6. The Kier molecular flexibility index (Phi) is 5.58. The Labute approximate surface area is 130 Å². The molecular formula is C15H25N3O2S. The number of likely N-dealkylation sites (N-methyl/N-ethyl adjacent to an activating group) is 2. The summed E-state index contributed by atoms with van der Waals surface area (Å²) in [6.07, 6.45) is 2.93. The molecule has 21 heavy (non-hydrogen) atoms. The van der Waals surface area contributed by atoms with Gasteiger partial charge in [-0.05, 0) is 40.3 Å². The number of rotatable bonds is 6. The zero-order chi connectivity index (χ0) is 15.4. The normalized spacial score (nSPS) is 17.7. The molecule has 0 aromatic carbocycles. The fourth-order valence-electron chi connectivity index (χ4n) is 2.49. The van der Waals surface area contributed by atoms with Gasteiger partial charge in [0.2, 0.25) is 0 Å². The standard InChI is InChI=1S/C15H25N3O2S/c1-5-20-14(19)11-7-6-8-12-13(11)16-15(21-12)18(4)10-9-17(2)3/h11H,5-10H2,1-4H3. The molecule has 2 rings (SSSR count). The van der Waals surface area contributed by atoms with E-state index in [-0.39, 0.29) is 11.9 Å². The lowest BCUT2D eigenvalue weighted by atomic mass is 9.91. The number of esters is 1. The maximum atomic E-state index is 12.1. The monoisotopic (exact) mass is 311 g/mol. The van der Waals surface area contributed by atoms with E-state index in [1.165, 1.54) is 4.88 Å². The molecule has 0 radical (unpaired) electrons. The van der Waals surface area contributed by atoms with Crippen LogP contribution in [0, 0.1) is 0 Å². The minimum atomic E-state index is -0.166. The predicted molar refractivity (Wildman–Crippen MR) is 86.3 cm³/mol. The highest BCUT2D eigenvalue weighted by atomic mass is 32.1.